The average Bonchev–Trinajstić information content (AvgIpc) is 2.58. The van der Waals surface area contributed by atoms with Gasteiger partial charge in [-0.3, -0.25) is 9.42 Å². The molecule has 0 atom stereocenters. The topological polar surface area (TPSA) is 96.1 Å². The predicted octanol–water partition coefficient (Wildman–Crippen LogP) is -0.568. The van der Waals surface area contributed by atoms with Gasteiger partial charge in [0.1, 0.15) is 5.69 Å². The van der Waals surface area contributed by atoms with Gasteiger partial charge in [0.05, 0.1) is 5.39 Å². The van der Waals surface area contributed by atoms with Gasteiger partial charge in [0.2, 0.25) is 5.52 Å². The van der Waals surface area contributed by atoms with Crippen molar-refractivity contribution in [3.05, 3.63) is 21.5 Å². The fourth-order valence-electron chi connectivity index (χ4n) is 1.41. The molecule has 0 saturated heterocycles. The molecule has 2 aromatic carbocycles. The van der Waals surface area contributed by atoms with Crippen molar-refractivity contribution in [1.29, 1.82) is 0 Å². The minimum Gasteiger partial charge on any atom is -0.394 e. The second-order valence-corrected chi connectivity index (χ2v) is 2.84. The van der Waals surface area contributed by atoms with E-state index in [1.165, 1.54) is 6.07 Å². The van der Waals surface area contributed by atoms with Crippen LogP contribution in [-0.2, 0) is 0 Å². The molecule has 0 radical (unpaired) electrons. The Bertz CT molecular complexity index is 644. The van der Waals surface area contributed by atoms with Crippen LogP contribution in [0.25, 0.3) is 21.8 Å². The van der Waals surface area contributed by atoms with Crippen LogP contribution in [0.4, 0.5) is 5.69 Å². The number of nitrogens with zero attached hydrogens (tertiary/aromatic N) is 2. The number of rotatable bonds is 0. The molecule has 0 unspecified atom stereocenters. The molecule has 0 spiro atoms. The summed E-state index contributed by atoms with van der Waals surface area (Å²) in [5.74, 6) is 0. The number of hydrogen-bond donors (Lipinski definition) is 1. The number of aromatic nitrogens is 2. The van der Waals surface area contributed by atoms with E-state index in [9.17, 15) is 10.0 Å². The quantitative estimate of drug-likeness (QED) is 0.366. The van der Waals surface area contributed by atoms with E-state index in [0.717, 1.165) is 0 Å². The number of benzene rings is 1. The summed E-state index contributed by atoms with van der Waals surface area (Å²) in [5.41, 5.74) is 6.14. The number of anilines is 1. The third-order valence-corrected chi connectivity index (χ3v) is 2.13. The van der Waals surface area contributed by atoms with Crippen molar-refractivity contribution in [3.8, 4) is 0 Å². The first-order valence-corrected chi connectivity index (χ1v) is 3.57. The van der Waals surface area contributed by atoms with E-state index in [1.54, 1.807) is 0 Å². The molecule has 0 bridgehead atoms. The molecule has 0 fully saturated rings. The lowest BCUT2D eigenvalue weighted by atomic mass is 10.3. The fourth-order valence-corrected chi connectivity index (χ4v) is 1.41. The molecular weight excluding hydrogens is 174 g/mol. The molecule has 0 amide bonds. The fraction of sp³-hybridized carbons (Fsp3) is 0. The zero-order valence-corrected chi connectivity index (χ0v) is 6.27. The summed E-state index contributed by atoms with van der Waals surface area (Å²) >= 11 is 0. The molecule has 0 saturated carbocycles. The third kappa shape index (κ3) is 0.569. The van der Waals surface area contributed by atoms with Crippen LogP contribution in [0.1, 0.15) is 0 Å². The highest BCUT2D eigenvalue weighted by molar-refractivity contribution is 6.14. The molecule has 0 aliphatic heterocycles. The maximum Gasteiger partial charge on any atom is 0.272 e. The zero-order valence-electron chi connectivity index (χ0n) is 6.27. The van der Waals surface area contributed by atoms with Gasteiger partial charge in [-0.2, -0.15) is 0 Å². The summed E-state index contributed by atoms with van der Waals surface area (Å²) < 4.78 is 4.33. The summed E-state index contributed by atoms with van der Waals surface area (Å²) in [4.78, 5) is 11.3. The second-order valence-electron chi connectivity index (χ2n) is 2.84. The summed E-state index contributed by atoms with van der Waals surface area (Å²) in [6, 6.07) is 1.44. The number of hydrogen-bond acceptors (Lipinski definition) is 5. The minimum atomic E-state index is -0.115. The lowest BCUT2D eigenvalue weighted by Gasteiger charge is -1.85. The Labute approximate surface area is 70.4 Å². The Hall–Kier alpha value is -2.11. The van der Waals surface area contributed by atoms with Crippen LogP contribution in [0.2, 0.25) is 0 Å². The van der Waals surface area contributed by atoms with Crippen molar-refractivity contribution in [2.45, 2.75) is 0 Å². The van der Waals surface area contributed by atoms with E-state index in [0.29, 0.717) is 10.8 Å². The van der Waals surface area contributed by atoms with E-state index in [4.69, 9.17) is 5.73 Å². The molecular formula is C7H3N3O3. The summed E-state index contributed by atoms with van der Waals surface area (Å²) in [6.07, 6.45) is 0. The average molecular weight is 177 g/mol. The van der Waals surface area contributed by atoms with Crippen molar-refractivity contribution in [1.82, 2.24) is 5.16 Å². The molecule has 6 nitrogen and oxygen atoms in total. The van der Waals surface area contributed by atoms with Crippen LogP contribution in [-0.4, -0.2) is 5.16 Å². The SMILES string of the molecule is Nc1c2no[n+]([O-])c2cc2c(=O)c12. The largest absolute Gasteiger partial charge is 0.394 e. The van der Waals surface area contributed by atoms with Crippen molar-refractivity contribution in [2.24, 2.45) is 0 Å². The van der Waals surface area contributed by atoms with Gasteiger partial charge in [-0.25, -0.2) is 0 Å². The van der Waals surface area contributed by atoms with Crippen molar-refractivity contribution >= 4 is 27.5 Å². The molecule has 6 heteroatoms. The van der Waals surface area contributed by atoms with E-state index in [-0.39, 0.29) is 27.1 Å². The molecule has 3 rings (SSSR count). The number of fused-ring (bicyclic) bond motifs is 2. The Kier molecular flexibility index (Phi) is 0.804. The van der Waals surface area contributed by atoms with Crippen molar-refractivity contribution in [3.63, 3.8) is 0 Å². The maximum atomic E-state index is 11.0. The predicted molar refractivity (Wildman–Crippen MR) is 43.5 cm³/mol. The first-order valence-electron chi connectivity index (χ1n) is 3.57. The van der Waals surface area contributed by atoms with Crippen LogP contribution < -0.4 is 16.1 Å². The molecule has 1 heterocycles. The van der Waals surface area contributed by atoms with E-state index >= 15 is 0 Å². The van der Waals surface area contributed by atoms with Crippen LogP contribution in [0.5, 0.6) is 0 Å². The molecule has 64 valence electrons. The van der Waals surface area contributed by atoms with Gasteiger partial charge in [0, 0.05) is 16.6 Å². The lowest BCUT2D eigenvalue weighted by molar-refractivity contribution is -0.782. The monoisotopic (exact) mass is 177 g/mol. The van der Waals surface area contributed by atoms with E-state index < -0.39 is 0 Å². The summed E-state index contributed by atoms with van der Waals surface area (Å²) in [6.45, 7) is 0. The van der Waals surface area contributed by atoms with Gasteiger partial charge in [-0.15, -0.1) is 0 Å². The molecule has 0 aliphatic rings. The van der Waals surface area contributed by atoms with E-state index in [1.807, 2.05) is 0 Å². The van der Waals surface area contributed by atoms with Gasteiger partial charge < -0.3 is 10.9 Å². The van der Waals surface area contributed by atoms with Crippen molar-refractivity contribution in [2.75, 3.05) is 5.73 Å². The van der Waals surface area contributed by atoms with Crippen LogP contribution >= 0.6 is 0 Å². The Morgan fingerprint density at radius 1 is 1.62 bits per heavy atom. The molecule has 0 aliphatic carbocycles. The summed E-state index contributed by atoms with van der Waals surface area (Å²) in [7, 11) is 0. The standard InChI is InChI=1S/C7H3N3O3/c8-5-4-2(7(4)11)1-3-6(5)9-13-10(3)12/h1H,8H2. The molecule has 13 heavy (non-hydrogen) atoms. The highest BCUT2D eigenvalue weighted by atomic mass is 16.8. The normalized spacial score (nSPS) is 12.0. The van der Waals surface area contributed by atoms with Gasteiger partial charge >= 0.3 is 0 Å². The minimum absolute atomic E-state index is 0.115. The van der Waals surface area contributed by atoms with Crippen LogP contribution in [0.3, 0.4) is 0 Å². The molecule has 2 N–H and O–H groups in total. The van der Waals surface area contributed by atoms with Gasteiger partial charge in [0.25, 0.3) is 5.52 Å². The Balaban J connectivity index is 2.66. The van der Waals surface area contributed by atoms with Gasteiger partial charge in [-0.05, 0) is 4.90 Å². The van der Waals surface area contributed by atoms with E-state index in [2.05, 4.69) is 9.79 Å². The number of nitrogen functional groups attached to an aromatic ring is 1. The second kappa shape index (κ2) is 1.63. The van der Waals surface area contributed by atoms with Gasteiger partial charge in [0.15, 0.2) is 5.43 Å². The molecule has 3 aromatic rings. The van der Waals surface area contributed by atoms with Crippen LogP contribution in [0, 0.1) is 5.21 Å². The Morgan fingerprint density at radius 2 is 2.38 bits per heavy atom. The highest BCUT2D eigenvalue weighted by Crippen LogP contribution is 2.28. The summed E-state index contributed by atoms with van der Waals surface area (Å²) in [5, 5.41) is 15.3. The first kappa shape index (κ1) is 6.41. The van der Waals surface area contributed by atoms with Crippen molar-refractivity contribution < 1.29 is 9.53 Å². The highest BCUT2D eigenvalue weighted by Gasteiger charge is 2.24. The number of nitrogens with two attached hydrogens (primary N) is 1. The van der Waals surface area contributed by atoms with Crippen LogP contribution in [0.15, 0.2) is 15.5 Å². The maximum absolute atomic E-state index is 11.0. The zero-order chi connectivity index (χ0) is 9.16. The smallest absolute Gasteiger partial charge is 0.272 e. The Morgan fingerprint density at radius 3 is 3.15 bits per heavy atom. The lowest BCUT2D eigenvalue weighted by Crippen LogP contribution is -2.22. The van der Waals surface area contributed by atoms with Gasteiger partial charge in [-0.1, -0.05) is 0 Å². The third-order valence-electron chi connectivity index (χ3n) is 2.13. The molecule has 1 aromatic heterocycles. The first-order chi connectivity index (χ1) is 6.20.